The molecule has 1 fully saturated rings. The summed E-state index contributed by atoms with van der Waals surface area (Å²) in [5.74, 6) is -0.820. The smallest absolute Gasteiger partial charge is 0.142 e. The summed E-state index contributed by atoms with van der Waals surface area (Å²) in [6.07, 6.45) is 12.6. The van der Waals surface area contributed by atoms with E-state index in [9.17, 15) is 13.2 Å². The van der Waals surface area contributed by atoms with Gasteiger partial charge in [-0.2, -0.15) is 0 Å². The zero-order chi connectivity index (χ0) is 25.5. The fourth-order valence-corrected chi connectivity index (χ4v) is 5.68. The van der Waals surface area contributed by atoms with Gasteiger partial charge in [0.15, 0.2) is 0 Å². The molecule has 1 aliphatic carbocycles. The van der Waals surface area contributed by atoms with E-state index in [2.05, 4.69) is 31.2 Å². The highest BCUT2D eigenvalue weighted by molar-refractivity contribution is 6.30. The lowest BCUT2D eigenvalue weighted by molar-refractivity contribution is 0.310. The highest BCUT2D eigenvalue weighted by atomic mass is 35.5. The van der Waals surface area contributed by atoms with E-state index in [4.69, 9.17) is 11.6 Å². The van der Waals surface area contributed by atoms with Crippen molar-refractivity contribution in [3.63, 3.8) is 0 Å². The molecule has 0 radical (unpaired) electrons. The minimum Gasteiger partial charge on any atom is -0.206 e. The highest BCUT2D eigenvalue weighted by Crippen LogP contribution is 2.38. The Labute approximate surface area is 218 Å². The van der Waals surface area contributed by atoms with E-state index in [1.165, 1.54) is 80.3 Å². The molecule has 4 rings (SSSR count). The second-order valence-corrected chi connectivity index (χ2v) is 10.8. The van der Waals surface area contributed by atoms with E-state index in [0.717, 1.165) is 25.3 Å². The molecular weight excluding hydrogens is 477 g/mol. The molecule has 36 heavy (non-hydrogen) atoms. The first-order chi connectivity index (χ1) is 17.4. The molecule has 0 bridgehead atoms. The van der Waals surface area contributed by atoms with Crippen molar-refractivity contribution in [2.45, 2.75) is 83.5 Å². The number of benzene rings is 3. The van der Waals surface area contributed by atoms with E-state index in [1.54, 1.807) is 0 Å². The van der Waals surface area contributed by atoms with E-state index in [-0.39, 0.29) is 16.1 Å². The second kappa shape index (κ2) is 12.8. The number of rotatable bonds is 10. The molecule has 0 unspecified atom stereocenters. The molecule has 1 saturated carbocycles. The molecule has 3 aromatic rings. The van der Waals surface area contributed by atoms with Gasteiger partial charge in [0.2, 0.25) is 0 Å². The minimum atomic E-state index is -0.689. The van der Waals surface area contributed by atoms with Crippen LogP contribution in [0.15, 0.2) is 54.6 Å². The molecule has 0 spiro atoms. The lowest BCUT2D eigenvalue weighted by Crippen LogP contribution is -2.14. The van der Waals surface area contributed by atoms with Crippen LogP contribution in [0, 0.1) is 23.4 Å². The second-order valence-electron chi connectivity index (χ2n) is 10.4. The number of aryl methyl sites for hydroxylation is 2. The normalized spacial score (nSPS) is 17.9. The van der Waals surface area contributed by atoms with E-state index < -0.39 is 17.5 Å². The van der Waals surface area contributed by atoms with Gasteiger partial charge in [0.25, 0.3) is 0 Å². The Morgan fingerprint density at radius 3 is 2.06 bits per heavy atom. The van der Waals surface area contributed by atoms with Crippen molar-refractivity contribution in [2.24, 2.45) is 5.92 Å². The maximum Gasteiger partial charge on any atom is 0.142 e. The first-order valence-electron chi connectivity index (χ1n) is 13.5. The summed E-state index contributed by atoms with van der Waals surface area (Å²) in [6, 6.07) is 15.9. The maximum atomic E-state index is 14.8. The summed E-state index contributed by atoms with van der Waals surface area (Å²) in [7, 11) is 0. The van der Waals surface area contributed by atoms with E-state index in [1.807, 2.05) is 0 Å². The Morgan fingerprint density at radius 2 is 1.42 bits per heavy atom. The average Bonchev–Trinajstić information content (AvgIpc) is 2.88. The maximum absolute atomic E-state index is 14.8. The molecule has 4 heteroatoms. The molecule has 0 aromatic heterocycles. The van der Waals surface area contributed by atoms with Crippen LogP contribution >= 0.6 is 11.6 Å². The predicted octanol–water partition coefficient (Wildman–Crippen LogP) is 10.5. The van der Waals surface area contributed by atoms with Crippen LogP contribution in [-0.4, -0.2) is 0 Å². The lowest BCUT2D eigenvalue weighted by Gasteiger charge is -2.29. The minimum absolute atomic E-state index is 0.0688. The zero-order valence-electron chi connectivity index (χ0n) is 21.1. The summed E-state index contributed by atoms with van der Waals surface area (Å²) in [6.45, 7) is 2.24. The van der Waals surface area contributed by atoms with Gasteiger partial charge in [-0.05, 0) is 110 Å². The summed E-state index contributed by atoms with van der Waals surface area (Å²) in [5.41, 5.74) is 3.49. The lowest BCUT2D eigenvalue weighted by atomic mass is 9.76. The van der Waals surface area contributed by atoms with Gasteiger partial charge in [-0.25, -0.2) is 13.2 Å². The Bertz CT molecular complexity index is 1110. The van der Waals surface area contributed by atoms with Gasteiger partial charge >= 0.3 is 0 Å². The standard InChI is InChI=1S/C32H36ClF3/c1-2-3-4-5-6-22-9-13-25(14-10-22)26-15-11-23(12-16-26)7-8-24-19-30(35)32(31(36)20-24)27-17-18-28(33)29(34)21-27/h9-10,13-14,17-21,23,26H,2-8,11-12,15-16H2,1H3/t23-,26-. The zero-order valence-corrected chi connectivity index (χ0v) is 21.9. The topological polar surface area (TPSA) is 0 Å². The van der Waals surface area contributed by atoms with Crippen molar-refractivity contribution < 1.29 is 13.2 Å². The van der Waals surface area contributed by atoms with Crippen molar-refractivity contribution >= 4 is 11.6 Å². The van der Waals surface area contributed by atoms with Gasteiger partial charge in [-0.3, -0.25) is 0 Å². The van der Waals surface area contributed by atoms with Gasteiger partial charge in [0, 0.05) is 0 Å². The number of unbranched alkanes of at least 4 members (excludes halogenated alkanes) is 3. The molecule has 0 nitrogen and oxygen atoms in total. The Balaban J connectivity index is 1.27. The number of hydrogen-bond acceptors (Lipinski definition) is 0. The van der Waals surface area contributed by atoms with Crippen molar-refractivity contribution in [2.75, 3.05) is 0 Å². The average molecular weight is 513 g/mol. The molecule has 3 aromatic carbocycles. The van der Waals surface area contributed by atoms with Gasteiger partial charge in [-0.15, -0.1) is 0 Å². The Hall–Kier alpha value is -2.26. The summed E-state index contributed by atoms with van der Waals surface area (Å²) >= 11 is 5.70. The van der Waals surface area contributed by atoms with Gasteiger partial charge < -0.3 is 0 Å². The van der Waals surface area contributed by atoms with Crippen LogP contribution in [0.3, 0.4) is 0 Å². The molecular formula is C32H36ClF3. The first kappa shape index (κ1) is 26.8. The van der Waals surface area contributed by atoms with Gasteiger partial charge in [0.05, 0.1) is 10.6 Å². The SMILES string of the molecule is CCCCCCc1ccc([C@H]2CC[C@H](CCc3cc(F)c(-c4ccc(Cl)c(F)c4)c(F)c3)CC2)cc1. The third-order valence-corrected chi connectivity index (χ3v) is 8.07. The van der Waals surface area contributed by atoms with Gasteiger partial charge in [0.1, 0.15) is 17.5 Å². The molecule has 0 heterocycles. The fourth-order valence-electron chi connectivity index (χ4n) is 5.56. The Kier molecular flexibility index (Phi) is 9.53. The third-order valence-electron chi connectivity index (χ3n) is 7.77. The molecule has 192 valence electrons. The summed E-state index contributed by atoms with van der Waals surface area (Å²) in [4.78, 5) is 0. The predicted molar refractivity (Wildman–Crippen MR) is 144 cm³/mol. The molecule has 0 aliphatic heterocycles. The van der Waals surface area contributed by atoms with E-state index >= 15 is 0 Å². The molecule has 0 N–H and O–H groups in total. The largest absolute Gasteiger partial charge is 0.206 e. The molecule has 0 amide bonds. The molecule has 0 saturated heterocycles. The van der Waals surface area contributed by atoms with E-state index in [0.29, 0.717) is 23.8 Å². The van der Waals surface area contributed by atoms with Crippen LogP contribution in [0.2, 0.25) is 5.02 Å². The van der Waals surface area contributed by atoms with Crippen molar-refractivity contribution in [3.8, 4) is 11.1 Å². The quantitative estimate of drug-likeness (QED) is 0.237. The van der Waals surface area contributed by atoms with Crippen LogP contribution in [0.1, 0.15) is 87.3 Å². The fraction of sp³-hybridized carbons (Fsp3) is 0.438. The van der Waals surface area contributed by atoms with Crippen LogP contribution in [0.5, 0.6) is 0 Å². The van der Waals surface area contributed by atoms with Crippen LogP contribution in [-0.2, 0) is 12.8 Å². The molecule has 1 aliphatic rings. The van der Waals surface area contributed by atoms with Crippen LogP contribution < -0.4 is 0 Å². The molecule has 0 atom stereocenters. The monoisotopic (exact) mass is 512 g/mol. The number of halogens is 4. The van der Waals surface area contributed by atoms with Gasteiger partial charge in [-0.1, -0.05) is 68.1 Å². The summed E-state index contributed by atoms with van der Waals surface area (Å²) < 4.78 is 43.3. The van der Waals surface area contributed by atoms with Crippen molar-refractivity contribution in [1.29, 1.82) is 0 Å². The van der Waals surface area contributed by atoms with Crippen LogP contribution in [0.25, 0.3) is 11.1 Å². The third kappa shape index (κ3) is 6.94. The first-order valence-corrected chi connectivity index (χ1v) is 13.8. The number of hydrogen-bond donors (Lipinski definition) is 0. The van der Waals surface area contributed by atoms with Crippen molar-refractivity contribution in [3.05, 3.63) is 93.8 Å². The van der Waals surface area contributed by atoms with Crippen LogP contribution in [0.4, 0.5) is 13.2 Å². The summed E-state index contributed by atoms with van der Waals surface area (Å²) in [5, 5.41) is -0.0688. The highest BCUT2D eigenvalue weighted by Gasteiger charge is 2.23. The van der Waals surface area contributed by atoms with Crippen molar-refractivity contribution in [1.82, 2.24) is 0 Å². The Morgan fingerprint density at radius 1 is 0.722 bits per heavy atom.